The number of fused-ring (bicyclic) bond motifs is 1. The molecule has 5 heteroatoms. The van der Waals surface area contributed by atoms with Gasteiger partial charge in [0.1, 0.15) is 0 Å². The molecule has 0 aliphatic heterocycles. The zero-order chi connectivity index (χ0) is 15.4. The molecule has 0 unspecified atom stereocenters. The van der Waals surface area contributed by atoms with Gasteiger partial charge in [-0.1, -0.05) is 6.07 Å². The van der Waals surface area contributed by atoms with Crippen LogP contribution in [0.4, 0.5) is 0 Å². The minimum atomic E-state index is -0.155. The summed E-state index contributed by atoms with van der Waals surface area (Å²) in [6, 6.07) is 8.76. The third-order valence-electron chi connectivity index (χ3n) is 4.01. The fourth-order valence-electron chi connectivity index (χ4n) is 2.86. The lowest BCUT2D eigenvalue weighted by Gasteiger charge is -2.14. The highest BCUT2D eigenvalue weighted by Gasteiger charge is 2.14. The first-order chi connectivity index (χ1) is 10.8. The standard InChI is InChI=1S/C17H18N4O/c18-11-13-4-3-6-14(10-13)17(22)19-8-9-21-16-7-2-1-5-15(16)12-20-21/h3-4,6,10,12H,1-2,5,7-9H2,(H,19,22). The molecule has 0 spiro atoms. The van der Waals surface area contributed by atoms with Crippen LogP contribution in [0.1, 0.15) is 40.0 Å². The SMILES string of the molecule is N#Cc1cccc(C(=O)NCCn2ncc3c2CCCC3)c1. The van der Waals surface area contributed by atoms with Crippen LogP contribution in [0.25, 0.3) is 0 Å². The highest BCUT2D eigenvalue weighted by Crippen LogP contribution is 2.20. The first kappa shape index (κ1) is 14.3. The fraction of sp³-hybridized carbons (Fsp3) is 0.353. The number of hydrogen-bond donors (Lipinski definition) is 1. The van der Waals surface area contributed by atoms with E-state index in [-0.39, 0.29) is 5.91 Å². The van der Waals surface area contributed by atoms with Gasteiger partial charge in [-0.3, -0.25) is 9.48 Å². The van der Waals surface area contributed by atoms with E-state index >= 15 is 0 Å². The lowest BCUT2D eigenvalue weighted by atomic mass is 9.98. The third-order valence-corrected chi connectivity index (χ3v) is 4.01. The Morgan fingerprint density at radius 2 is 2.23 bits per heavy atom. The molecule has 3 rings (SSSR count). The van der Waals surface area contributed by atoms with E-state index in [4.69, 9.17) is 5.26 Å². The van der Waals surface area contributed by atoms with Gasteiger partial charge in [-0.15, -0.1) is 0 Å². The normalized spacial score (nSPS) is 13.2. The van der Waals surface area contributed by atoms with Gasteiger partial charge in [0.15, 0.2) is 0 Å². The first-order valence-electron chi connectivity index (χ1n) is 7.60. The molecule has 1 aliphatic rings. The topological polar surface area (TPSA) is 70.7 Å². The zero-order valence-corrected chi connectivity index (χ0v) is 12.4. The number of hydrogen-bond acceptors (Lipinski definition) is 3. The molecule has 0 fully saturated rings. The molecule has 1 aliphatic carbocycles. The predicted molar refractivity (Wildman–Crippen MR) is 82.4 cm³/mol. The minimum Gasteiger partial charge on any atom is -0.350 e. The number of aryl methyl sites for hydroxylation is 1. The molecule has 5 nitrogen and oxygen atoms in total. The van der Waals surface area contributed by atoms with Gasteiger partial charge >= 0.3 is 0 Å². The second kappa shape index (κ2) is 6.44. The van der Waals surface area contributed by atoms with Crippen molar-refractivity contribution < 1.29 is 4.79 Å². The van der Waals surface area contributed by atoms with Crippen LogP contribution < -0.4 is 5.32 Å². The summed E-state index contributed by atoms with van der Waals surface area (Å²) in [5.41, 5.74) is 3.67. The Hall–Kier alpha value is -2.61. The van der Waals surface area contributed by atoms with Crippen molar-refractivity contribution in [3.05, 3.63) is 52.8 Å². The monoisotopic (exact) mass is 294 g/mol. The maximum Gasteiger partial charge on any atom is 0.251 e. The van der Waals surface area contributed by atoms with Gasteiger partial charge in [0.2, 0.25) is 0 Å². The van der Waals surface area contributed by atoms with Crippen molar-refractivity contribution in [2.45, 2.75) is 32.2 Å². The molecule has 0 saturated carbocycles. The van der Waals surface area contributed by atoms with Crippen LogP contribution in [-0.2, 0) is 19.4 Å². The molecule has 1 N–H and O–H groups in total. The van der Waals surface area contributed by atoms with E-state index in [1.165, 1.54) is 24.1 Å². The summed E-state index contributed by atoms with van der Waals surface area (Å²) >= 11 is 0. The molecule has 0 atom stereocenters. The summed E-state index contributed by atoms with van der Waals surface area (Å²) < 4.78 is 2.00. The van der Waals surface area contributed by atoms with Gasteiger partial charge in [0.05, 0.1) is 24.4 Å². The van der Waals surface area contributed by atoms with Gasteiger partial charge < -0.3 is 5.32 Å². The second-order valence-corrected chi connectivity index (χ2v) is 5.50. The van der Waals surface area contributed by atoms with Crippen LogP contribution in [-0.4, -0.2) is 22.2 Å². The molecule has 112 valence electrons. The number of benzene rings is 1. The second-order valence-electron chi connectivity index (χ2n) is 5.50. The predicted octanol–water partition coefficient (Wildman–Crippen LogP) is 2.06. The van der Waals surface area contributed by atoms with Crippen molar-refractivity contribution in [3.63, 3.8) is 0 Å². The van der Waals surface area contributed by atoms with E-state index in [9.17, 15) is 4.79 Å². The first-order valence-corrected chi connectivity index (χ1v) is 7.60. The van der Waals surface area contributed by atoms with Crippen LogP contribution in [0.5, 0.6) is 0 Å². The van der Waals surface area contributed by atoms with E-state index < -0.39 is 0 Å². The molecule has 1 aromatic heterocycles. The number of nitrogens with zero attached hydrogens (tertiary/aromatic N) is 3. The summed E-state index contributed by atoms with van der Waals surface area (Å²) in [6.07, 6.45) is 6.60. The van der Waals surface area contributed by atoms with Crippen LogP contribution in [0.3, 0.4) is 0 Å². The van der Waals surface area contributed by atoms with E-state index in [0.717, 1.165) is 12.8 Å². The van der Waals surface area contributed by atoms with Crippen molar-refractivity contribution in [1.29, 1.82) is 5.26 Å². The Morgan fingerprint density at radius 1 is 1.36 bits per heavy atom. The highest BCUT2D eigenvalue weighted by atomic mass is 16.1. The molecule has 2 aromatic rings. The summed E-state index contributed by atoms with van der Waals surface area (Å²) in [5.74, 6) is -0.155. The van der Waals surface area contributed by atoms with Crippen molar-refractivity contribution in [3.8, 4) is 6.07 Å². The molecule has 0 radical (unpaired) electrons. The summed E-state index contributed by atoms with van der Waals surface area (Å²) in [4.78, 5) is 12.1. The highest BCUT2D eigenvalue weighted by molar-refractivity contribution is 5.94. The average molecular weight is 294 g/mol. The van der Waals surface area contributed by atoms with E-state index in [1.807, 2.05) is 16.9 Å². The average Bonchev–Trinajstić information content (AvgIpc) is 2.98. The largest absolute Gasteiger partial charge is 0.350 e. The van der Waals surface area contributed by atoms with Gasteiger partial charge in [-0.2, -0.15) is 10.4 Å². The number of nitrogens with one attached hydrogen (secondary N) is 1. The minimum absolute atomic E-state index is 0.155. The van der Waals surface area contributed by atoms with Crippen LogP contribution in [0, 0.1) is 11.3 Å². The molecule has 22 heavy (non-hydrogen) atoms. The number of carbonyl (C=O) groups is 1. The van der Waals surface area contributed by atoms with Gasteiger partial charge in [0.25, 0.3) is 5.91 Å². The Balaban J connectivity index is 1.58. The lowest BCUT2D eigenvalue weighted by Crippen LogP contribution is -2.28. The maximum absolute atomic E-state index is 12.1. The Bertz CT molecular complexity index is 727. The Morgan fingerprint density at radius 3 is 3.09 bits per heavy atom. The van der Waals surface area contributed by atoms with Crippen LogP contribution in [0.15, 0.2) is 30.5 Å². The van der Waals surface area contributed by atoms with Gasteiger partial charge in [0, 0.05) is 17.8 Å². The molecule has 1 amide bonds. The quantitative estimate of drug-likeness (QED) is 0.938. The smallest absolute Gasteiger partial charge is 0.251 e. The molecule has 0 bridgehead atoms. The fourth-order valence-corrected chi connectivity index (χ4v) is 2.86. The Labute approximate surface area is 129 Å². The van der Waals surface area contributed by atoms with E-state index in [2.05, 4.69) is 10.4 Å². The van der Waals surface area contributed by atoms with E-state index in [0.29, 0.717) is 24.2 Å². The maximum atomic E-state index is 12.1. The lowest BCUT2D eigenvalue weighted by molar-refractivity contribution is 0.0951. The Kier molecular flexibility index (Phi) is 4.19. The van der Waals surface area contributed by atoms with Gasteiger partial charge in [-0.25, -0.2) is 0 Å². The summed E-state index contributed by atoms with van der Waals surface area (Å²) in [7, 11) is 0. The summed E-state index contributed by atoms with van der Waals surface area (Å²) in [6.45, 7) is 1.21. The van der Waals surface area contributed by atoms with Gasteiger partial charge in [-0.05, 0) is 49.4 Å². The number of carbonyl (C=O) groups excluding carboxylic acids is 1. The number of nitriles is 1. The van der Waals surface area contributed by atoms with Crippen molar-refractivity contribution >= 4 is 5.91 Å². The zero-order valence-electron chi connectivity index (χ0n) is 12.4. The van der Waals surface area contributed by atoms with Crippen LogP contribution >= 0.6 is 0 Å². The number of aromatic nitrogens is 2. The number of amides is 1. The summed E-state index contributed by atoms with van der Waals surface area (Å²) in [5, 5.41) is 16.2. The number of rotatable bonds is 4. The van der Waals surface area contributed by atoms with E-state index in [1.54, 1.807) is 24.3 Å². The molecular weight excluding hydrogens is 276 g/mol. The van der Waals surface area contributed by atoms with Crippen molar-refractivity contribution in [2.24, 2.45) is 0 Å². The van der Waals surface area contributed by atoms with Crippen molar-refractivity contribution in [2.75, 3.05) is 6.54 Å². The third kappa shape index (κ3) is 3.01. The van der Waals surface area contributed by atoms with Crippen molar-refractivity contribution in [1.82, 2.24) is 15.1 Å². The molecule has 0 saturated heterocycles. The molecule has 1 heterocycles. The molecule has 1 aromatic carbocycles. The molecular formula is C17H18N4O. The van der Waals surface area contributed by atoms with Crippen LogP contribution in [0.2, 0.25) is 0 Å².